The van der Waals surface area contributed by atoms with Crippen LogP contribution in [0.4, 0.5) is 0 Å². The predicted octanol–water partition coefficient (Wildman–Crippen LogP) is -0.520. The highest BCUT2D eigenvalue weighted by molar-refractivity contribution is 5.78. The fraction of sp³-hybridized carbons (Fsp3) is 0.667. The lowest BCUT2D eigenvalue weighted by Gasteiger charge is -2.09. The van der Waals surface area contributed by atoms with Crippen LogP contribution in [-0.4, -0.2) is 35.2 Å². The van der Waals surface area contributed by atoms with Crippen molar-refractivity contribution in [2.45, 2.75) is 25.3 Å². The van der Waals surface area contributed by atoms with Gasteiger partial charge in [-0.15, -0.1) is 0 Å². The molecule has 15 heavy (non-hydrogen) atoms. The third kappa shape index (κ3) is 3.02. The van der Waals surface area contributed by atoms with Crippen LogP contribution in [-0.2, 0) is 11.2 Å². The summed E-state index contributed by atoms with van der Waals surface area (Å²) in [5.74, 6) is 0.859. The first-order valence-corrected chi connectivity index (χ1v) is 5.10. The maximum absolute atomic E-state index is 10.9. The van der Waals surface area contributed by atoms with Crippen LogP contribution < -0.4 is 10.6 Å². The van der Waals surface area contributed by atoms with E-state index in [1.807, 2.05) is 0 Å². The van der Waals surface area contributed by atoms with Gasteiger partial charge in [-0.05, 0) is 6.42 Å². The largest absolute Gasteiger partial charge is 0.352 e. The standard InChI is InChI=1S/C9H14N4O2/c14-9-2-1-7(12-9)5-10-4-3-8-11-6-15-13-8/h6-7,10H,1-5H2,(H,12,14). The Balaban J connectivity index is 1.57. The molecule has 1 fully saturated rings. The molecular weight excluding hydrogens is 196 g/mol. The summed E-state index contributed by atoms with van der Waals surface area (Å²) in [5, 5.41) is 9.85. The quantitative estimate of drug-likeness (QED) is 0.639. The zero-order valence-electron chi connectivity index (χ0n) is 8.40. The summed E-state index contributed by atoms with van der Waals surface area (Å²) in [6.07, 6.45) is 3.65. The lowest BCUT2D eigenvalue weighted by molar-refractivity contribution is -0.119. The average molecular weight is 210 g/mol. The van der Waals surface area contributed by atoms with Crippen LogP contribution in [0.25, 0.3) is 0 Å². The van der Waals surface area contributed by atoms with E-state index in [1.165, 1.54) is 6.39 Å². The van der Waals surface area contributed by atoms with Crippen LogP contribution in [0.5, 0.6) is 0 Å². The third-order valence-electron chi connectivity index (χ3n) is 2.41. The number of carbonyl (C=O) groups excluding carboxylic acids is 1. The molecule has 2 heterocycles. The van der Waals surface area contributed by atoms with Gasteiger partial charge in [0.25, 0.3) is 0 Å². The summed E-state index contributed by atoms with van der Waals surface area (Å²) in [6, 6.07) is 0.280. The first-order chi connectivity index (χ1) is 7.34. The number of carbonyl (C=O) groups is 1. The van der Waals surface area contributed by atoms with Gasteiger partial charge in [-0.1, -0.05) is 5.16 Å². The number of nitrogens with zero attached hydrogens (tertiary/aromatic N) is 2. The number of amides is 1. The summed E-state index contributed by atoms with van der Waals surface area (Å²) in [5.41, 5.74) is 0. The van der Waals surface area contributed by atoms with Crippen LogP contribution >= 0.6 is 0 Å². The summed E-state index contributed by atoms with van der Waals surface area (Å²) in [6.45, 7) is 1.61. The van der Waals surface area contributed by atoms with E-state index in [0.717, 1.165) is 25.9 Å². The summed E-state index contributed by atoms with van der Waals surface area (Å²) < 4.78 is 4.61. The Morgan fingerprint density at radius 2 is 2.60 bits per heavy atom. The number of nitrogens with one attached hydrogen (secondary N) is 2. The molecule has 0 aliphatic carbocycles. The van der Waals surface area contributed by atoms with Crippen LogP contribution in [0.15, 0.2) is 10.9 Å². The zero-order chi connectivity index (χ0) is 10.5. The van der Waals surface area contributed by atoms with Gasteiger partial charge in [-0.3, -0.25) is 4.79 Å². The van der Waals surface area contributed by atoms with Gasteiger partial charge < -0.3 is 15.2 Å². The van der Waals surface area contributed by atoms with Crippen molar-refractivity contribution in [1.29, 1.82) is 0 Å². The summed E-state index contributed by atoms with van der Waals surface area (Å²) in [7, 11) is 0. The minimum Gasteiger partial charge on any atom is -0.352 e. The van der Waals surface area contributed by atoms with Crippen molar-refractivity contribution in [3.63, 3.8) is 0 Å². The molecule has 1 aliphatic heterocycles. The van der Waals surface area contributed by atoms with Gasteiger partial charge in [0, 0.05) is 32.0 Å². The average Bonchev–Trinajstić information content (AvgIpc) is 2.84. The highest BCUT2D eigenvalue weighted by atomic mass is 16.5. The molecule has 1 aliphatic rings. The highest BCUT2D eigenvalue weighted by Crippen LogP contribution is 2.04. The summed E-state index contributed by atoms with van der Waals surface area (Å²) >= 11 is 0. The van der Waals surface area contributed by atoms with E-state index < -0.39 is 0 Å². The smallest absolute Gasteiger partial charge is 0.220 e. The minimum absolute atomic E-state index is 0.153. The van der Waals surface area contributed by atoms with Crippen molar-refractivity contribution in [3.05, 3.63) is 12.2 Å². The molecule has 82 valence electrons. The fourth-order valence-electron chi connectivity index (χ4n) is 1.61. The molecule has 2 rings (SSSR count). The van der Waals surface area contributed by atoms with Crippen LogP contribution in [0.1, 0.15) is 18.7 Å². The Bertz CT molecular complexity index is 312. The van der Waals surface area contributed by atoms with Gasteiger partial charge in [0.1, 0.15) is 0 Å². The van der Waals surface area contributed by atoms with E-state index in [2.05, 4.69) is 25.3 Å². The molecule has 0 spiro atoms. The lowest BCUT2D eigenvalue weighted by Crippen LogP contribution is -2.36. The maximum Gasteiger partial charge on any atom is 0.220 e. The second kappa shape index (κ2) is 4.88. The van der Waals surface area contributed by atoms with E-state index in [9.17, 15) is 4.79 Å². The van der Waals surface area contributed by atoms with E-state index in [0.29, 0.717) is 12.2 Å². The van der Waals surface area contributed by atoms with Crippen LogP contribution in [0.2, 0.25) is 0 Å². The van der Waals surface area contributed by atoms with Crippen molar-refractivity contribution in [3.8, 4) is 0 Å². The third-order valence-corrected chi connectivity index (χ3v) is 2.41. The molecule has 6 heteroatoms. The molecule has 2 N–H and O–H groups in total. The van der Waals surface area contributed by atoms with E-state index in [1.54, 1.807) is 0 Å². The van der Waals surface area contributed by atoms with Crippen molar-refractivity contribution >= 4 is 5.91 Å². The molecule has 1 aromatic heterocycles. The molecule has 6 nitrogen and oxygen atoms in total. The van der Waals surface area contributed by atoms with Crippen molar-refractivity contribution in [2.24, 2.45) is 0 Å². The molecule has 0 aromatic carbocycles. The molecule has 0 radical (unpaired) electrons. The van der Waals surface area contributed by atoms with Gasteiger partial charge >= 0.3 is 0 Å². The zero-order valence-corrected chi connectivity index (χ0v) is 8.40. The number of aromatic nitrogens is 2. The molecule has 1 aromatic rings. The molecule has 0 bridgehead atoms. The number of hydrogen-bond donors (Lipinski definition) is 2. The Labute approximate surface area is 87.4 Å². The summed E-state index contributed by atoms with van der Waals surface area (Å²) in [4.78, 5) is 14.8. The molecule has 1 unspecified atom stereocenters. The van der Waals surface area contributed by atoms with E-state index in [4.69, 9.17) is 0 Å². The van der Waals surface area contributed by atoms with Gasteiger partial charge in [-0.25, -0.2) is 0 Å². The molecule has 1 atom stereocenters. The predicted molar refractivity (Wildman–Crippen MR) is 52.0 cm³/mol. The van der Waals surface area contributed by atoms with Crippen molar-refractivity contribution in [2.75, 3.05) is 13.1 Å². The van der Waals surface area contributed by atoms with Crippen LogP contribution in [0, 0.1) is 0 Å². The first-order valence-electron chi connectivity index (χ1n) is 5.10. The van der Waals surface area contributed by atoms with Gasteiger partial charge in [0.2, 0.25) is 12.3 Å². The van der Waals surface area contributed by atoms with Gasteiger partial charge in [0.15, 0.2) is 5.82 Å². The molecule has 1 saturated heterocycles. The Morgan fingerprint density at radius 3 is 3.27 bits per heavy atom. The van der Waals surface area contributed by atoms with Crippen molar-refractivity contribution < 1.29 is 9.32 Å². The topological polar surface area (TPSA) is 80.1 Å². The first kappa shape index (κ1) is 10.1. The Kier molecular flexibility index (Phi) is 3.29. The molecule has 1 amide bonds. The Hall–Kier alpha value is -1.43. The van der Waals surface area contributed by atoms with Gasteiger partial charge in [-0.2, -0.15) is 4.98 Å². The molecular formula is C9H14N4O2. The van der Waals surface area contributed by atoms with Gasteiger partial charge in [0.05, 0.1) is 0 Å². The monoisotopic (exact) mass is 210 g/mol. The second-order valence-corrected chi connectivity index (χ2v) is 3.60. The second-order valence-electron chi connectivity index (χ2n) is 3.60. The normalized spacial score (nSPS) is 20.5. The SMILES string of the molecule is O=C1CCC(CNCCc2ncon2)N1. The van der Waals surface area contributed by atoms with E-state index >= 15 is 0 Å². The fourth-order valence-corrected chi connectivity index (χ4v) is 1.61. The highest BCUT2D eigenvalue weighted by Gasteiger charge is 2.19. The lowest BCUT2D eigenvalue weighted by atomic mass is 10.2. The number of rotatable bonds is 5. The van der Waals surface area contributed by atoms with E-state index in [-0.39, 0.29) is 11.9 Å². The molecule has 0 saturated carbocycles. The Morgan fingerprint density at radius 1 is 1.67 bits per heavy atom. The maximum atomic E-state index is 10.9. The van der Waals surface area contributed by atoms with Crippen LogP contribution in [0.3, 0.4) is 0 Å². The number of hydrogen-bond acceptors (Lipinski definition) is 5. The van der Waals surface area contributed by atoms with Crippen molar-refractivity contribution in [1.82, 2.24) is 20.8 Å². The minimum atomic E-state index is 0.153.